The van der Waals surface area contributed by atoms with Gasteiger partial charge in [-0.05, 0) is 114 Å². The maximum absolute atomic E-state index is 3.73. The van der Waals surface area contributed by atoms with Gasteiger partial charge >= 0.3 is 0 Å². The van der Waals surface area contributed by atoms with Gasteiger partial charge in [0, 0.05) is 0 Å². The predicted octanol–water partition coefficient (Wildman–Crippen LogP) is 4.92. The van der Waals surface area contributed by atoms with Crippen LogP contribution >= 0.6 is 67.9 Å². The smallest absolute Gasteiger partial charge is 0.00177 e. The van der Waals surface area contributed by atoms with Crippen molar-refractivity contribution >= 4 is 67.9 Å². The van der Waals surface area contributed by atoms with Crippen LogP contribution < -0.4 is 21.3 Å². The maximum atomic E-state index is 3.73. The average molecular weight is 676 g/mol. The van der Waals surface area contributed by atoms with Crippen LogP contribution in [0.4, 0.5) is 0 Å². The molecule has 0 aromatic rings. The van der Waals surface area contributed by atoms with E-state index in [1.807, 2.05) is 0 Å². The van der Waals surface area contributed by atoms with Crippen LogP contribution in [-0.2, 0) is 0 Å². The van der Waals surface area contributed by atoms with Crippen molar-refractivity contribution in [2.75, 3.05) is 52.4 Å². The van der Waals surface area contributed by atoms with E-state index >= 15 is 0 Å². The molecule has 0 spiro atoms. The van der Waals surface area contributed by atoms with E-state index in [0.717, 1.165) is 57.0 Å². The Labute approximate surface area is 222 Å². The monoisotopic (exact) mass is 672 g/mol. The molecule has 0 saturated heterocycles. The van der Waals surface area contributed by atoms with Crippen LogP contribution in [0.5, 0.6) is 0 Å². The third-order valence-electron chi connectivity index (χ3n) is 6.78. The zero-order valence-electron chi connectivity index (χ0n) is 18.8. The third kappa shape index (κ3) is 12.5. The van der Waals surface area contributed by atoms with Crippen LogP contribution in [-0.4, -0.2) is 52.4 Å². The van der Waals surface area contributed by atoms with Crippen molar-refractivity contribution in [3.8, 4) is 0 Å². The number of halogens is 4. The molecule has 3 unspecified atom stereocenters. The van der Waals surface area contributed by atoms with Crippen molar-refractivity contribution < 1.29 is 0 Å². The number of hydrogen-bond donors (Lipinski definition) is 4. The second kappa shape index (κ2) is 20.4. The quantitative estimate of drug-likeness (QED) is 0.186. The van der Waals surface area contributed by atoms with E-state index in [-0.39, 0.29) is 67.9 Å². The van der Waals surface area contributed by atoms with Gasteiger partial charge in [-0.25, -0.2) is 0 Å². The lowest BCUT2D eigenvalue weighted by Crippen LogP contribution is -2.54. The molecule has 2 bridgehead atoms. The van der Waals surface area contributed by atoms with Gasteiger partial charge in [0.1, 0.15) is 0 Å². The molecule has 0 amide bonds. The predicted molar refractivity (Wildman–Crippen MR) is 150 cm³/mol. The second-order valence-corrected chi connectivity index (χ2v) is 8.82. The van der Waals surface area contributed by atoms with Crippen LogP contribution in [0.1, 0.15) is 59.3 Å². The minimum atomic E-state index is 0. The molecule has 8 heteroatoms. The van der Waals surface area contributed by atoms with E-state index in [1.54, 1.807) is 0 Å². The highest BCUT2D eigenvalue weighted by molar-refractivity contribution is 8.93. The van der Waals surface area contributed by atoms with Crippen LogP contribution in [0, 0.1) is 23.2 Å². The highest BCUT2D eigenvalue weighted by Gasteiger charge is 2.53. The average Bonchev–Trinajstić information content (AvgIpc) is 2.62. The molecule has 3 rings (SSSR count). The fourth-order valence-electron chi connectivity index (χ4n) is 4.94. The highest BCUT2D eigenvalue weighted by Crippen LogP contribution is 2.61. The largest absolute Gasteiger partial charge is 0.317 e. The lowest BCUT2D eigenvalue weighted by Gasteiger charge is -2.60. The minimum Gasteiger partial charge on any atom is -0.317 e. The van der Waals surface area contributed by atoms with Gasteiger partial charge in [0.05, 0.1) is 0 Å². The molecule has 0 aromatic carbocycles. The maximum Gasteiger partial charge on any atom is -0.00177 e. The van der Waals surface area contributed by atoms with E-state index in [4.69, 9.17) is 0 Å². The van der Waals surface area contributed by atoms with Crippen molar-refractivity contribution in [1.29, 1.82) is 0 Å². The summed E-state index contributed by atoms with van der Waals surface area (Å²) in [5.74, 6) is 2.95. The van der Waals surface area contributed by atoms with Gasteiger partial charge in [0.15, 0.2) is 0 Å². The molecule has 29 heavy (non-hydrogen) atoms. The van der Waals surface area contributed by atoms with E-state index in [1.165, 1.54) is 51.6 Å². The van der Waals surface area contributed by atoms with Gasteiger partial charge < -0.3 is 21.3 Å². The Morgan fingerprint density at radius 3 is 1.62 bits per heavy atom. The molecule has 0 heterocycles. The Morgan fingerprint density at radius 2 is 1.17 bits per heavy atom. The molecular formula is C21H48Br4N4. The normalized spacial score (nSPS) is 23.5. The summed E-state index contributed by atoms with van der Waals surface area (Å²) < 4.78 is 0. The van der Waals surface area contributed by atoms with Gasteiger partial charge in [-0.3, -0.25) is 0 Å². The van der Waals surface area contributed by atoms with Crippen LogP contribution in [0.25, 0.3) is 0 Å². The summed E-state index contributed by atoms with van der Waals surface area (Å²) in [4.78, 5) is 0. The van der Waals surface area contributed by atoms with Crippen molar-refractivity contribution in [2.45, 2.75) is 59.3 Å². The summed E-state index contributed by atoms with van der Waals surface area (Å²) in [6, 6.07) is 0. The summed E-state index contributed by atoms with van der Waals surface area (Å²) in [6.45, 7) is 16.3. The fourth-order valence-corrected chi connectivity index (χ4v) is 4.94. The first-order valence-corrected chi connectivity index (χ1v) is 11.0. The minimum absolute atomic E-state index is 0. The van der Waals surface area contributed by atoms with Gasteiger partial charge in [-0.1, -0.05) is 20.8 Å². The van der Waals surface area contributed by atoms with Crippen LogP contribution in [0.2, 0.25) is 0 Å². The summed E-state index contributed by atoms with van der Waals surface area (Å²) in [6.07, 6.45) is 8.15. The number of hydrogen-bond acceptors (Lipinski definition) is 4. The van der Waals surface area contributed by atoms with E-state index < -0.39 is 0 Å². The van der Waals surface area contributed by atoms with Crippen molar-refractivity contribution in [1.82, 2.24) is 21.3 Å². The summed E-state index contributed by atoms with van der Waals surface area (Å²) in [5, 5.41) is 14.2. The summed E-state index contributed by atoms with van der Waals surface area (Å²) in [7, 11) is 0. The first kappa shape index (κ1) is 35.4. The summed E-state index contributed by atoms with van der Waals surface area (Å²) >= 11 is 0. The highest BCUT2D eigenvalue weighted by atomic mass is 79.9. The Balaban J connectivity index is -0.00000169. The van der Waals surface area contributed by atoms with Gasteiger partial charge in [0.2, 0.25) is 0 Å². The van der Waals surface area contributed by atoms with E-state index in [0.29, 0.717) is 5.41 Å². The molecule has 3 aliphatic rings. The molecule has 3 atom stereocenters. The molecule has 0 radical (unpaired) electrons. The Hall–Kier alpha value is 1.76. The molecule has 4 nitrogen and oxygen atoms in total. The lowest BCUT2D eigenvalue weighted by molar-refractivity contribution is -0.103. The Morgan fingerprint density at radius 1 is 0.690 bits per heavy atom. The molecule has 180 valence electrons. The SMILES string of the molecule is Br.Br.Br.Br.CCNCCCNCCCNCCCNCC1CCC2CC1C2(C)C. The van der Waals surface area contributed by atoms with Gasteiger partial charge in [-0.2, -0.15) is 0 Å². The molecule has 3 saturated carbocycles. The van der Waals surface area contributed by atoms with E-state index in [9.17, 15) is 0 Å². The third-order valence-corrected chi connectivity index (χ3v) is 6.78. The Bertz CT molecular complexity index is 360. The topological polar surface area (TPSA) is 48.1 Å². The second-order valence-electron chi connectivity index (χ2n) is 8.82. The van der Waals surface area contributed by atoms with Gasteiger partial charge in [0.25, 0.3) is 0 Å². The molecule has 4 N–H and O–H groups in total. The van der Waals surface area contributed by atoms with Crippen LogP contribution in [0.3, 0.4) is 0 Å². The van der Waals surface area contributed by atoms with E-state index in [2.05, 4.69) is 42.0 Å². The van der Waals surface area contributed by atoms with Gasteiger partial charge in [-0.15, -0.1) is 67.9 Å². The van der Waals surface area contributed by atoms with Crippen molar-refractivity contribution in [2.24, 2.45) is 23.2 Å². The number of rotatable bonds is 15. The number of fused-ring (bicyclic) bond motifs is 2. The summed E-state index contributed by atoms with van der Waals surface area (Å²) in [5.41, 5.74) is 0.632. The number of nitrogens with one attached hydrogen (secondary N) is 4. The molecular weight excluding hydrogens is 628 g/mol. The Kier molecular flexibility index (Phi) is 24.8. The standard InChI is InChI=1S/C21H44N4.4BrH/c1-4-22-10-5-11-23-12-6-13-24-14-7-15-25-17-18-8-9-19-16-20(18)21(19,2)3;;;;/h18-20,22-25H,4-17H2,1-3H3;4*1H. The molecule has 0 aliphatic heterocycles. The first-order valence-electron chi connectivity index (χ1n) is 11.0. The zero-order chi connectivity index (χ0) is 18.0. The fraction of sp³-hybridized carbons (Fsp3) is 1.00. The molecule has 3 fully saturated rings. The zero-order valence-corrected chi connectivity index (χ0v) is 25.6. The lowest BCUT2D eigenvalue weighted by atomic mass is 9.45. The first-order chi connectivity index (χ1) is 12.2. The molecule has 0 aromatic heterocycles. The van der Waals surface area contributed by atoms with Crippen molar-refractivity contribution in [3.63, 3.8) is 0 Å². The molecule has 3 aliphatic carbocycles. The van der Waals surface area contributed by atoms with Crippen LogP contribution in [0.15, 0.2) is 0 Å². The van der Waals surface area contributed by atoms with Crippen molar-refractivity contribution in [3.05, 3.63) is 0 Å².